The van der Waals surface area contributed by atoms with Crippen LogP contribution in [0.4, 0.5) is 5.69 Å². The van der Waals surface area contributed by atoms with Gasteiger partial charge in [0.2, 0.25) is 5.91 Å². The second kappa shape index (κ2) is 6.73. The summed E-state index contributed by atoms with van der Waals surface area (Å²) in [5.74, 6) is -1.73. The van der Waals surface area contributed by atoms with E-state index >= 15 is 0 Å². The van der Waals surface area contributed by atoms with Crippen molar-refractivity contribution < 1.29 is 14.4 Å². The number of halogens is 1. The van der Waals surface area contributed by atoms with Crippen LogP contribution >= 0.6 is 15.9 Å². The smallest absolute Gasteiger partial charge is 0.271 e. The van der Waals surface area contributed by atoms with E-state index in [2.05, 4.69) is 41.7 Å². The van der Waals surface area contributed by atoms with E-state index in [-0.39, 0.29) is 17.9 Å². The standard InChI is InChI=1S/C14H12BrN7O3/c15-9-4-17-11-2-1-7(6-22(9)11)13(24)20-8-3-19-21-12(8)14(25)18-5-10(16)23/h1-4,6H,5H2,(H2,16,23)(H,18,25)(H,19,21)(H,20,24). The van der Waals surface area contributed by atoms with Crippen LogP contribution in [0.2, 0.25) is 0 Å². The fraction of sp³-hybridized carbons (Fsp3) is 0.0714. The molecule has 0 aliphatic carbocycles. The number of aromatic amines is 1. The van der Waals surface area contributed by atoms with E-state index in [1.165, 1.54) is 6.20 Å². The molecule has 10 nitrogen and oxygen atoms in total. The Labute approximate surface area is 148 Å². The monoisotopic (exact) mass is 405 g/mol. The van der Waals surface area contributed by atoms with Gasteiger partial charge in [-0.1, -0.05) is 0 Å². The van der Waals surface area contributed by atoms with Crippen molar-refractivity contribution in [2.24, 2.45) is 5.73 Å². The maximum absolute atomic E-state index is 12.4. The summed E-state index contributed by atoms with van der Waals surface area (Å²) < 4.78 is 2.40. The molecule has 128 valence electrons. The molecule has 3 aromatic rings. The zero-order valence-electron chi connectivity index (χ0n) is 12.6. The van der Waals surface area contributed by atoms with Crippen LogP contribution in [-0.2, 0) is 4.79 Å². The van der Waals surface area contributed by atoms with Gasteiger partial charge in [-0.15, -0.1) is 0 Å². The molecule has 0 aliphatic rings. The number of fused-ring (bicyclic) bond motifs is 1. The first kappa shape index (κ1) is 16.6. The normalized spacial score (nSPS) is 10.6. The minimum atomic E-state index is -0.683. The summed E-state index contributed by atoms with van der Waals surface area (Å²) in [6, 6.07) is 3.30. The molecule has 0 aliphatic heterocycles. The summed E-state index contributed by atoms with van der Waals surface area (Å²) in [4.78, 5) is 39.3. The Balaban J connectivity index is 1.78. The number of nitrogens with one attached hydrogen (secondary N) is 3. The average Bonchev–Trinajstić information content (AvgIpc) is 3.19. The maximum Gasteiger partial charge on any atom is 0.271 e. The van der Waals surface area contributed by atoms with Crippen LogP contribution in [0, 0.1) is 0 Å². The van der Waals surface area contributed by atoms with Crippen LogP contribution in [-0.4, -0.2) is 43.8 Å². The number of nitrogens with zero attached hydrogens (tertiary/aromatic N) is 3. The third-order valence-electron chi connectivity index (χ3n) is 3.26. The molecule has 0 spiro atoms. The molecule has 3 aromatic heterocycles. The molecule has 11 heteroatoms. The van der Waals surface area contributed by atoms with Gasteiger partial charge in [-0.25, -0.2) is 4.98 Å². The van der Waals surface area contributed by atoms with Crippen molar-refractivity contribution in [1.82, 2.24) is 24.9 Å². The van der Waals surface area contributed by atoms with Crippen LogP contribution in [0.3, 0.4) is 0 Å². The number of carbonyl (C=O) groups excluding carboxylic acids is 3. The summed E-state index contributed by atoms with van der Waals surface area (Å²) in [5, 5.41) is 11.1. The molecule has 0 atom stereocenters. The Kier molecular flexibility index (Phi) is 4.48. The molecule has 0 aromatic carbocycles. The highest BCUT2D eigenvalue weighted by atomic mass is 79.9. The zero-order valence-corrected chi connectivity index (χ0v) is 14.2. The lowest BCUT2D eigenvalue weighted by Gasteiger charge is -2.07. The van der Waals surface area contributed by atoms with Crippen LogP contribution in [0.15, 0.2) is 35.3 Å². The SMILES string of the molecule is NC(=O)CNC(=O)c1[nH]ncc1NC(=O)c1ccc2ncc(Br)n2c1. The number of aromatic nitrogens is 4. The van der Waals surface area contributed by atoms with E-state index in [4.69, 9.17) is 5.73 Å². The molecule has 3 rings (SSSR count). The van der Waals surface area contributed by atoms with Crippen molar-refractivity contribution in [2.75, 3.05) is 11.9 Å². The number of pyridine rings is 1. The predicted molar refractivity (Wildman–Crippen MR) is 91.0 cm³/mol. The zero-order chi connectivity index (χ0) is 18.0. The third-order valence-corrected chi connectivity index (χ3v) is 3.85. The van der Waals surface area contributed by atoms with E-state index in [0.717, 1.165) is 0 Å². The van der Waals surface area contributed by atoms with Gasteiger partial charge >= 0.3 is 0 Å². The fourth-order valence-corrected chi connectivity index (χ4v) is 2.48. The topological polar surface area (TPSA) is 147 Å². The number of primary amides is 1. The van der Waals surface area contributed by atoms with Crippen molar-refractivity contribution in [3.8, 4) is 0 Å². The summed E-state index contributed by atoms with van der Waals surface area (Å²) in [6.07, 6.45) is 4.52. The number of amides is 3. The predicted octanol–water partition coefficient (Wildman–Crippen LogP) is 0.287. The molecule has 0 radical (unpaired) electrons. The quantitative estimate of drug-likeness (QED) is 0.481. The van der Waals surface area contributed by atoms with E-state index in [0.29, 0.717) is 15.8 Å². The Hall–Kier alpha value is -3.21. The molecular weight excluding hydrogens is 394 g/mol. The molecule has 25 heavy (non-hydrogen) atoms. The fourth-order valence-electron chi connectivity index (χ4n) is 2.09. The Morgan fingerprint density at radius 3 is 2.80 bits per heavy atom. The number of carbonyl (C=O) groups is 3. The summed E-state index contributed by atoms with van der Waals surface area (Å²) >= 11 is 3.33. The molecule has 3 amide bonds. The number of hydrogen-bond donors (Lipinski definition) is 4. The minimum absolute atomic E-state index is 0.0134. The highest BCUT2D eigenvalue weighted by molar-refractivity contribution is 9.10. The number of anilines is 1. The molecule has 0 fully saturated rings. The number of nitrogens with two attached hydrogens (primary N) is 1. The summed E-state index contributed by atoms with van der Waals surface area (Å²) in [6.45, 7) is -0.323. The van der Waals surface area contributed by atoms with E-state index in [1.54, 1.807) is 28.9 Å². The largest absolute Gasteiger partial charge is 0.368 e. The highest BCUT2D eigenvalue weighted by Crippen LogP contribution is 2.16. The highest BCUT2D eigenvalue weighted by Gasteiger charge is 2.17. The van der Waals surface area contributed by atoms with Gasteiger partial charge in [-0.3, -0.25) is 23.9 Å². The lowest BCUT2D eigenvalue weighted by Crippen LogP contribution is -2.34. The lowest BCUT2D eigenvalue weighted by molar-refractivity contribution is -0.117. The van der Waals surface area contributed by atoms with E-state index in [9.17, 15) is 14.4 Å². The molecule has 3 heterocycles. The van der Waals surface area contributed by atoms with Crippen LogP contribution in [0.25, 0.3) is 5.65 Å². The van der Waals surface area contributed by atoms with E-state index in [1.807, 2.05) is 0 Å². The second-order valence-electron chi connectivity index (χ2n) is 4.99. The van der Waals surface area contributed by atoms with Gasteiger partial charge in [0, 0.05) is 6.20 Å². The molecular formula is C14H12BrN7O3. The first-order valence-electron chi connectivity index (χ1n) is 6.99. The molecule has 5 N–H and O–H groups in total. The van der Waals surface area contributed by atoms with Gasteiger partial charge < -0.3 is 16.4 Å². The van der Waals surface area contributed by atoms with Gasteiger partial charge in [-0.05, 0) is 28.1 Å². The number of imidazole rings is 1. The van der Waals surface area contributed by atoms with Crippen LogP contribution in [0.5, 0.6) is 0 Å². The number of H-pyrrole nitrogens is 1. The average molecular weight is 406 g/mol. The van der Waals surface area contributed by atoms with Crippen molar-refractivity contribution in [1.29, 1.82) is 0 Å². The molecule has 0 saturated carbocycles. The van der Waals surface area contributed by atoms with Gasteiger partial charge in [0.25, 0.3) is 11.8 Å². The Bertz CT molecular complexity index is 978. The van der Waals surface area contributed by atoms with Crippen molar-refractivity contribution in [3.05, 3.63) is 46.6 Å². The molecule has 0 unspecified atom stereocenters. The van der Waals surface area contributed by atoms with E-state index < -0.39 is 17.7 Å². The minimum Gasteiger partial charge on any atom is -0.368 e. The molecule has 0 saturated heterocycles. The Morgan fingerprint density at radius 2 is 2.04 bits per heavy atom. The van der Waals surface area contributed by atoms with Gasteiger partial charge in [-0.2, -0.15) is 5.10 Å². The Morgan fingerprint density at radius 1 is 1.24 bits per heavy atom. The van der Waals surface area contributed by atoms with Crippen molar-refractivity contribution >= 4 is 45.0 Å². The summed E-state index contributed by atoms with van der Waals surface area (Å²) in [7, 11) is 0. The first-order chi connectivity index (χ1) is 12.0. The maximum atomic E-state index is 12.4. The number of rotatable bonds is 5. The number of hydrogen-bond acceptors (Lipinski definition) is 5. The second-order valence-corrected chi connectivity index (χ2v) is 5.80. The van der Waals surface area contributed by atoms with Gasteiger partial charge in [0.15, 0.2) is 0 Å². The van der Waals surface area contributed by atoms with Crippen molar-refractivity contribution in [3.63, 3.8) is 0 Å². The van der Waals surface area contributed by atoms with Gasteiger partial charge in [0.1, 0.15) is 15.9 Å². The van der Waals surface area contributed by atoms with Crippen LogP contribution in [0.1, 0.15) is 20.8 Å². The summed E-state index contributed by atoms with van der Waals surface area (Å²) in [5.41, 5.74) is 6.20. The van der Waals surface area contributed by atoms with Crippen molar-refractivity contribution in [2.45, 2.75) is 0 Å². The molecule has 0 bridgehead atoms. The van der Waals surface area contributed by atoms with Crippen LogP contribution < -0.4 is 16.4 Å². The first-order valence-corrected chi connectivity index (χ1v) is 7.79. The lowest BCUT2D eigenvalue weighted by atomic mass is 10.2. The third kappa shape index (κ3) is 3.50. The van der Waals surface area contributed by atoms with Gasteiger partial charge in [0.05, 0.1) is 30.2 Å².